The highest BCUT2D eigenvalue weighted by molar-refractivity contribution is 5.60. The molecule has 4 heteroatoms. The van der Waals surface area contributed by atoms with E-state index in [2.05, 4.69) is 83.8 Å². The summed E-state index contributed by atoms with van der Waals surface area (Å²) in [6.45, 7) is 7.02. The van der Waals surface area contributed by atoms with Crippen LogP contribution in [-0.2, 0) is 6.54 Å². The molecule has 0 radical (unpaired) electrons. The molecule has 0 fully saturated rings. The van der Waals surface area contributed by atoms with Gasteiger partial charge in [-0.1, -0.05) is 35.9 Å². The lowest BCUT2D eigenvalue weighted by molar-refractivity contribution is 1.08. The highest BCUT2D eigenvalue weighted by atomic mass is 15.1. The predicted molar refractivity (Wildman–Crippen MR) is 99.7 cm³/mol. The summed E-state index contributed by atoms with van der Waals surface area (Å²) in [6, 6.07) is 16.7. The van der Waals surface area contributed by atoms with Gasteiger partial charge in [-0.05, 0) is 49.6 Å². The van der Waals surface area contributed by atoms with Gasteiger partial charge < -0.3 is 10.6 Å². The second kappa shape index (κ2) is 7.13. The van der Waals surface area contributed by atoms with Gasteiger partial charge in [-0.25, -0.2) is 9.97 Å². The van der Waals surface area contributed by atoms with Crippen LogP contribution in [0.3, 0.4) is 0 Å². The summed E-state index contributed by atoms with van der Waals surface area (Å²) in [5.74, 6) is 1.58. The van der Waals surface area contributed by atoms with Crippen molar-refractivity contribution in [1.29, 1.82) is 0 Å². The van der Waals surface area contributed by atoms with Crippen molar-refractivity contribution >= 4 is 17.3 Å². The number of anilines is 3. The van der Waals surface area contributed by atoms with E-state index < -0.39 is 0 Å². The lowest BCUT2D eigenvalue weighted by Crippen LogP contribution is -2.03. The molecule has 0 saturated carbocycles. The zero-order valence-corrected chi connectivity index (χ0v) is 14.3. The minimum atomic E-state index is 0.738. The van der Waals surface area contributed by atoms with Gasteiger partial charge in [0.2, 0.25) is 0 Å². The Morgan fingerprint density at radius 1 is 0.792 bits per heavy atom. The van der Waals surface area contributed by atoms with Crippen molar-refractivity contribution in [3.05, 3.63) is 77.1 Å². The maximum Gasteiger partial charge on any atom is 0.135 e. The van der Waals surface area contributed by atoms with Crippen LogP contribution in [0.2, 0.25) is 0 Å². The van der Waals surface area contributed by atoms with Crippen LogP contribution in [0.4, 0.5) is 17.3 Å². The van der Waals surface area contributed by atoms with Crippen LogP contribution in [0.1, 0.15) is 22.3 Å². The summed E-state index contributed by atoms with van der Waals surface area (Å²) in [7, 11) is 0. The highest BCUT2D eigenvalue weighted by Gasteiger charge is 2.02. The van der Waals surface area contributed by atoms with E-state index in [0.717, 1.165) is 23.9 Å². The molecule has 0 spiro atoms. The van der Waals surface area contributed by atoms with Crippen LogP contribution >= 0.6 is 0 Å². The molecule has 1 aromatic heterocycles. The smallest absolute Gasteiger partial charge is 0.135 e. The molecule has 0 unspecified atom stereocenters. The molecule has 0 aliphatic carbocycles. The van der Waals surface area contributed by atoms with Crippen molar-refractivity contribution in [1.82, 2.24) is 9.97 Å². The third-order valence-electron chi connectivity index (χ3n) is 3.72. The molecular weight excluding hydrogens is 296 g/mol. The Balaban J connectivity index is 1.69. The summed E-state index contributed by atoms with van der Waals surface area (Å²) in [6.07, 6.45) is 1.57. The number of benzene rings is 2. The first-order valence-corrected chi connectivity index (χ1v) is 8.05. The van der Waals surface area contributed by atoms with Gasteiger partial charge in [0.1, 0.15) is 18.0 Å². The van der Waals surface area contributed by atoms with Crippen molar-refractivity contribution in [2.24, 2.45) is 0 Å². The summed E-state index contributed by atoms with van der Waals surface area (Å²) < 4.78 is 0. The quantitative estimate of drug-likeness (QED) is 0.712. The van der Waals surface area contributed by atoms with Crippen LogP contribution in [0.5, 0.6) is 0 Å². The number of rotatable bonds is 5. The fourth-order valence-electron chi connectivity index (χ4n) is 2.73. The van der Waals surface area contributed by atoms with Gasteiger partial charge in [-0.3, -0.25) is 0 Å². The Kier molecular flexibility index (Phi) is 4.75. The number of aryl methyl sites for hydroxylation is 3. The van der Waals surface area contributed by atoms with Gasteiger partial charge in [0.15, 0.2) is 0 Å². The number of nitrogens with zero attached hydrogens (tertiary/aromatic N) is 2. The minimum absolute atomic E-state index is 0.738. The fourth-order valence-corrected chi connectivity index (χ4v) is 2.73. The van der Waals surface area contributed by atoms with E-state index in [1.807, 2.05) is 6.07 Å². The van der Waals surface area contributed by atoms with Crippen molar-refractivity contribution in [3.8, 4) is 0 Å². The lowest BCUT2D eigenvalue weighted by atomic mass is 10.1. The van der Waals surface area contributed by atoms with Crippen molar-refractivity contribution < 1.29 is 0 Å². The summed E-state index contributed by atoms with van der Waals surface area (Å²) in [5.41, 5.74) is 5.98. The maximum atomic E-state index is 4.30. The van der Waals surface area contributed by atoms with Crippen LogP contribution in [0, 0.1) is 20.8 Å². The van der Waals surface area contributed by atoms with Gasteiger partial charge in [0.05, 0.1) is 0 Å². The number of aromatic nitrogens is 2. The summed E-state index contributed by atoms with van der Waals surface area (Å²) in [5, 5.41) is 6.69. The number of nitrogens with one attached hydrogen (secondary N) is 2. The first-order valence-electron chi connectivity index (χ1n) is 8.05. The largest absolute Gasteiger partial charge is 0.366 e. The molecule has 4 nitrogen and oxygen atoms in total. The molecule has 3 rings (SSSR count). The van der Waals surface area contributed by atoms with E-state index in [0.29, 0.717) is 0 Å². The Bertz CT molecular complexity index is 822. The third kappa shape index (κ3) is 4.32. The molecule has 3 aromatic rings. The van der Waals surface area contributed by atoms with Crippen molar-refractivity contribution in [2.75, 3.05) is 10.6 Å². The summed E-state index contributed by atoms with van der Waals surface area (Å²) >= 11 is 0. The van der Waals surface area contributed by atoms with E-state index in [-0.39, 0.29) is 0 Å². The van der Waals surface area contributed by atoms with Crippen molar-refractivity contribution in [3.63, 3.8) is 0 Å². The van der Waals surface area contributed by atoms with E-state index in [4.69, 9.17) is 0 Å². The van der Waals surface area contributed by atoms with Gasteiger partial charge in [0.25, 0.3) is 0 Å². The monoisotopic (exact) mass is 318 g/mol. The Morgan fingerprint density at radius 3 is 2.29 bits per heavy atom. The SMILES string of the molecule is Cc1cccc(CNc2cc(Nc3cc(C)cc(C)c3)ncn2)c1. The predicted octanol–water partition coefficient (Wildman–Crippen LogP) is 4.76. The zero-order chi connectivity index (χ0) is 16.9. The van der Waals surface area contributed by atoms with Gasteiger partial charge >= 0.3 is 0 Å². The van der Waals surface area contributed by atoms with E-state index >= 15 is 0 Å². The standard InChI is InChI=1S/C20H22N4/c1-14-5-4-6-17(8-14)12-21-19-11-20(23-13-22-19)24-18-9-15(2)7-16(3)10-18/h4-11,13H,12H2,1-3H3,(H2,21,22,23,24). The van der Waals surface area contributed by atoms with Crippen LogP contribution < -0.4 is 10.6 Å². The molecule has 0 aliphatic heterocycles. The van der Waals surface area contributed by atoms with Gasteiger partial charge in [-0.15, -0.1) is 0 Å². The zero-order valence-electron chi connectivity index (χ0n) is 14.3. The topological polar surface area (TPSA) is 49.8 Å². The summed E-state index contributed by atoms with van der Waals surface area (Å²) in [4.78, 5) is 8.59. The molecule has 24 heavy (non-hydrogen) atoms. The van der Waals surface area contributed by atoms with Gasteiger partial charge in [-0.2, -0.15) is 0 Å². The highest BCUT2D eigenvalue weighted by Crippen LogP contribution is 2.19. The third-order valence-corrected chi connectivity index (χ3v) is 3.72. The molecule has 0 saturated heterocycles. The second-order valence-electron chi connectivity index (χ2n) is 6.13. The van der Waals surface area contributed by atoms with Crippen LogP contribution in [0.25, 0.3) is 0 Å². The van der Waals surface area contributed by atoms with Gasteiger partial charge in [0, 0.05) is 18.3 Å². The van der Waals surface area contributed by atoms with E-state index in [1.165, 1.54) is 22.3 Å². The number of hydrogen-bond donors (Lipinski definition) is 2. The average molecular weight is 318 g/mol. The number of hydrogen-bond acceptors (Lipinski definition) is 4. The molecule has 1 heterocycles. The second-order valence-corrected chi connectivity index (χ2v) is 6.13. The van der Waals surface area contributed by atoms with Crippen molar-refractivity contribution in [2.45, 2.75) is 27.3 Å². The molecule has 0 amide bonds. The minimum Gasteiger partial charge on any atom is -0.366 e. The first kappa shape index (κ1) is 16.0. The maximum absolute atomic E-state index is 4.30. The molecule has 0 aliphatic rings. The average Bonchev–Trinajstić information content (AvgIpc) is 2.52. The molecule has 0 atom stereocenters. The Hall–Kier alpha value is -2.88. The lowest BCUT2D eigenvalue weighted by Gasteiger charge is -2.10. The van der Waals surface area contributed by atoms with Crippen LogP contribution in [0.15, 0.2) is 54.9 Å². The molecule has 2 N–H and O–H groups in total. The molecule has 122 valence electrons. The van der Waals surface area contributed by atoms with E-state index in [9.17, 15) is 0 Å². The molecule has 2 aromatic carbocycles. The van der Waals surface area contributed by atoms with E-state index in [1.54, 1.807) is 6.33 Å². The normalized spacial score (nSPS) is 10.5. The Morgan fingerprint density at radius 2 is 1.54 bits per heavy atom. The first-order chi connectivity index (χ1) is 11.6. The van der Waals surface area contributed by atoms with Crippen LogP contribution in [-0.4, -0.2) is 9.97 Å². The fraction of sp³-hybridized carbons (Fsp3) is 0.200. The molecule has 0 bridgehead atoms. The Labute approximate surface area is 143 Å². The molecular formula is C20H22N4.